The lowest BCUT2D eigenvalue weighted by atomic mass is 9.77. The summed E-state index contributed by atoms with van der Waals surface area (Å²) >= 11 is 0. The van der Waals surface area contributed by atoms with Crippen LogP contribution in [0.1, 0.15) is 55.7 Å². The van der Waals surface area contributed by atoms with Crippen LogP contribution in [0.3, 0.4) is 0 Å². The van der Waals surface area contributed by atoms with E-state index in [1.165, 1.54) is 43.2 Å². The summed E-state index contributed by atoms with van der Waals surface area (Å²) in [5, 5.41) is 9.10. The molecular formula is C23H28N2. The van der Waals surface area contributed by atoms with E-state index >= 15 is 0 Å². The van der Waals surface area contributed by atoms with E-state index in [4.69, 9.17) is 0 Å². The third-order valence-electron chi connectivity index (χ3n) is 5.33. The van der Waals surface area contributed by atoms with Gasteiger partial charge in [0.25, 0.3) is 0 Å². The Kier molecular flexibility index (Phi) is 6.16. The van der Waals surface area contributed by atoms with E-state index < -0.39 is 0 Å². The van der Waals surface area contributed by atoms with Gasteiger partial charge in [0.1, 0.15) is 0 Å². The van der Waals surface area contributed by atoms with Crippen molar-refractivity contribution in [1.82, 2.24) is 0 Å². The van der Waals surface area contributed by atoms with Gasteiger partial charge in [-0.05, 0) is 49.7 Å². The van der Waals surface area contributed by atoms with Gasteiger partial charge in [-0.1, -0.05) is 73.5 Å². The molecule has 2 aromatic rings. The maximum absolute atomic E-state index is 4.67. The van der Waals surface area contributed by atoms with Crippen molar-refractivity contribution < 1.29 is 0 Å². The van der Waals surface area contributed by atoms with Crippen LogP contribution in [0, 0.1) is 18.8 Å². The fraction of sp³-hybridized carbons (Fsp3) is 0.391. The molecule has 2 aromatic carbocycles. The number of hydrogen-bond acceptors (Lipinski definition) is 2. The minimum Gasteiger partial charge on any atom is -0.158 e. The van der Waals surface area contributed by atoms with Gasteiger partial charge in [-0.25, -0.2) is 0 Å². The summed E-state index contributed by atoms with van der Waals surface area (Å²) in [6.07, 6.45) is 8.25. The Morgan fingerprint density at radius 2 is 1.64 bits per heavy atom. The molecule has 0 N–H and O–H groups in total. The SMILES string of the molecule is CCC1CCC(C(=NN=Cc2ccc(C)cc2)c2ccccc2)CC1. The van der Waals surface area contributed by atoms with Gasteiger partial charge in [0.15, 0.2) is 0 Å². The zero-order valence-electron chi connectivity index (χ0n) is 15.4. The van der Waals surface area contributed by atoms with Crippen molar-refractivity contribution >= 4 is 11.9 Å². The second kappa shape index (κ2) is 8.75. The van der Waals surface area contributed by atoms with Crippen LogP contribution in [0.25, 0.3) is 0 Å². The van der Waals surface area contributed by atoms with Gasteiger partial charge >= 0.3 is 0 Å². The molecular weight excluding hydrogens is 304 g/mol. The summed E-state index contributed by atoms with van der Waals surface area (Å²) in [4.78, 5) is 0. The molecule has 0 spiro atoms. The first-order valence-corrected chi connectivity index (χ1v) is 9.49. The summed E-state index contributed by atoms with van der Waals surface area (Å²) < 4.78 is 0. The van der Waals surface area contributed by atoms with Crippen molar-refractivity contribution in [2.45, 2.75) is 46.0 Å². The normalized spacial score (nSPS) is 21.6. The first-order valence-electron chi connectivity index (χ1n) is 9.49. The van der Waals surface area contributed by atoms with Gasteiger partial charge in [0, 0.05) is 5.92 Å². The lowest BCUT2D eigenvalue weighted by Gasteiger charge is -2.28. The van der Waals surface area contributed by atoms with Crippen LogP contribution in [-0.4, -0.2) is 11.9 Å². The highest BCUT2D eigenvalue weighted by molar-refractivity contribution is 6.02. The highest BCUT2D eigenvalue weighted by atomic mass is 15.2. The van der Waals surface area contributed by atoms with Crippen LogP contribution < -0.4 is 0 Å². The molecule has 0 aliphatic heterocycles. The van der Waals surface area contributed by atoms with E-state index in [9.17, 15) is 0 Å². The Balaban J connectivity index is 1.80. The number of hydrogen-bond donors (Lipinski definition) is 0. The molecule has 1 aliphatic rings. The first kappa shape index (κ1) is 17.6. The second-order valence-corrected chi connectivity index (χ2v) is 7.13. The van der Waals surface area contributed by atoms with E-state index in [2.05, 4.69) is 78.6 Å². The maximum atomic E-state index is 4.67. The van der Waals surface area contributed by atoms with Crippen molar-refractivity contribution in [2.24, 2.45) is 22.0 Å². The van der Waals surface area contributed by atoms with Crippen LogP contribution in [0.2, 0.25) is 0 Å². The molecule has 1 aliphatic carbocycles. The fourth-order valence-electron chi connectivity index (χ4n) is 3.64. The van der Waals surface area contributed by atoms with E-state index in [1.54, 1.807) is 0 Å². The molecule has 130 valence electrons. The molecule has 2 nitrogen and oxygen atoms in total. The molecule has 1 fully saturated rings. The molecule has 0 amide bonds. The molecule has 25 heavy (non-hydrogen) atoms. The molecule has 0 heterocycles. The lowest BCUT2D eigenvalue weighted by molar-refractivity contribution is 0.315. The molecule has 0 unspecified atom stereocenters. The minimum atomic E-state index is 0.528. The number of nitrogens with zero attached hydrogens (tertiary/aromatic N) is 2. The fourth-order valence-corrected chi connectivity index (χ4v) is 3.64. The predicted octanol–water partition coefficient (Wildman–Crippen LogP) is 6.03. The summed E-state index contributed by atoms with van der Waals surface area (Å²) in [6, 6.07) is 18.9. The van der Waals surface area contributed by atoms with Gasteiger partial charge in [-0.3, -0.25) is 0 Å². The Labute approximate surface area is 151 Å². The zero-order valence-corrected chi connectivity index (χ0v) is 15.4. The Morgan fingerprint density at radius 1 is 0.960 bits per heavy atom. The van der Waals surface area contributed by atoms with Gasteiger partial charge in [0.05, 0.1) is 11.9 Å². The summed E-state index contributed by atoms with van der Waals surface area (Å²) in [7, 11) is 0. The van der Waals surface area contributed by atoms with E-state index in [1.807, 2.05) is 6.21 Å². The van der Waals surface area contributed by atoms with Gasteiger partial charge in [-0.2, -0.15) is 10.2 Å². The zero-order chi connectivity index (χ0) is 17.5. The van der Waals surface area contributed by atoms with Crippen LogP contribution in [0.15, 0.2) is 64.8 Å². The minimum absolute atomic E-state index is 0.528. The number of rotatable bonds is 5. The summed E-state index contributed by atoms with van der Waals surface area (Å²) in [5.41, 5.74) is 4.72. The Morgan fingerprint density at radius 3 is 2.28 bits per heavy atom. The molecule has 0 bridgehead atoms. The standard InChI is InChI=1S/C23H28N2/c1-3-19-13-15-22(16-14-19)23(21-7-5-4-6-8-21)25-24-17-20-11-9-18(2)10-12-20/h4-12,17,19,22H,3,13-16H2,1-2H3. The highest BCUT2D eigenvalue weighted by Crippen LogP contribution is 2.33. The average Bonchev–Trinajstić information content (AvgIpc) is 2.67. The van der Waals surface area contributed by atoms with E-state index in [0.717, 1.165) is 17.2 Å². The Bertz CT molecular complexity index is 706. The van der Waals surface area contributed by atoms with Crippen LogP contribution in [0.5, 0.6) is 0 Å². The molecule has 0 saturated heterocycles. The van der Waals surface area contributed by atoms with Crippen molar-refractivity contribution in [1.29, 1.82) is 0 Å². The van der Waals surface area contributed by atoms with Gasteiger partial charge < -0.3 is 0 Å². The second-order valence-electron chi connectivity index (χ2n) is 7.13. The van der Waals surface area contributed by atoms with E-state index in [-0.39, 0.29) is 0 Å². The van der Waals surface area contributed by atoms with E-state index in [0.29, 0.717) is 5.92 Å². The van der Waals surface area contributed by atoms with Crippen molar-refractivity contribution in [3.8, 4) is 0 Å². The van der Waals surface area contributed by atoms with Gasteiger partial charge in [-0.15, -0.1) is 0 Å². The molecule has 0 atom stereocenters. The van der Waals surface area contributed by atoms with Crippen LogP contribution >= 0.6 is 0 Å². The molecule has 0 radical (unpaired) electrons. The molecule has 3 rings (SSSR count). The summed E-state index contributed by atoms with van der Waals surface area (Å²) in [6.45, 7) is 4.41. The van der Waals surface area contributed by atoms with Crippen molar-refractivity contribution in [2.75, 3.05) is 0 Å². The topological polar surface area (TPSA) is 24.7 Å². The third-order valence-corrected chi connectivity index (χ3v) is 5.33. The Hall–Kier alpha value is -2.22. The molecule has 2 heteroatoms. The number of aryl methyl sites for hydroxylation is 1. The van der Waals surface area contributed by atoms with Crippen LogP contribution in [-0.2, 0) is 0 Å². The predicted molar refractivity (Wildman–Crippen MR) is 107 cm³/mol. The largest absolute Gasteiger partial charge is 0.158 e. The number of benzene rings is 2. The average molecular weight is 332 g/mol. The highest BCUT2D eigenvalue weighted by Gasteiger charge is 2.24. The summed E-state index contributed by atoms with van der Waals surface area (Å²) in [5.74, 6) is 1.42. The quantitative estimate of drug-likeness (QED) is 0.471. The monoisotopic (exact) mass is 332 g/mol. The lowest BCUT2D eigenvalue weighted by Crippen LogP contribution is -2.22. The van der Waals surface area contributed by atoms with Crippen molar-refractivity contribution in [3.63, 3.8) is 0 Å². The molecule has 1 saturated carbocycles. The maximum Gasteiger partial charge on any atom is 0.0733 e. The first-order chi connectivity index (χ1) is 12.3. The van der Waals surface area contributed by atoms with Gasteiger partial charge in [0.2, 0.25) is 0 Å². The van der Waals surface area contributed by atoms with Crippen LogP contribution in [0.4, 0.5) is 0 Å². The smallest absolute Gasteiger partial charge is 0.0733 e. The molecule has 0 aromatic heterocycles. The third kappa shape index (κ3) is 4.88. The van der Waals surface area contributed by atoms with Crippen molar-refractivity contribution in [3.05, 3.63) is 71.3 Å².